The first kappa shape index (κ1) is 13.3. The van der Waals surface area contributed by atoms with Crippen LogP contribution in [0.2, 0.25) is 0 Å². The van der Waals surface area contributed by atoms with Crippen LogP contribution in [0.15, 0.2) is 0 Å². The molecule has 2 atom stereocenters. The molecule has 2 aliphatic rings. The fraction of sp³-hybridized carbons (Fsp3) is 1.00. The lowest BCUT2D eigenvalue weighted by molar-refractivity contribution is -0.0401. The average molecular weight is 243 g/mol. The van der Waals surface area contributed by atoms with Gasteiger partial charge >= 0.3 is 0 Å². The highest BCUT2D eigenvalue weighted by atomic mass is 16.5. The standard InChI is InChI=1S/C13H25NO3/c1-2-7-17-13(4-1)11-15-9-6-14-10-12-5-3-8-16-12/h12-14H,1-11H2. The molecule has 100 valence electrons. The van der Waals surface area contributed by atoms with Crippen LogP contribution in [0.25, 0.3) is 0 Å². The van der Waals surface area contributed by atoms with E-state index in [0.29, 0.717) is 12.2 Å². The van der Waals surface area contributed by atoms with Crippen molar-refractivity contribution in [1.82, 2.24) is 5.32 Å². The number of rotatable bonds is 7. The molecule has 2 rings (SSSR count). The molecular formula is C13H25NO3. The normalized spacial score (nSPS) is 29.6. The summed E-state index contributed by atoms with van der Waals surface area (Å²) >= 11 is 0. The van der Waals surface area contributed by atoms with E-state index in [4.69, 9.17) is 14.2 Å². The van der Waals surface area contributed by atoms with Gasteiger partial charge in [-0.1, -0.05) is 0 Å². The van der Waals surface area contributed by atoms with E-state index in [9.17, 15) is 0 Å². The summed E-state index contributed by atoms with van der Waals surface area (Å²) in [4.78, 5) is 0. The van der Waals surface area contributed by atoms with E-state index < -0.39 is 0 Å². The maximum absolute atomic E-state index is 5.61. The molecule has 0 radical (unpaired) electrons. The van der Waals surface area contributed by atoms with Gasteiger partial charge in [0.2, 0.25) is 0 Å². The molecule has 0 saturated carbocycles. The lowest BCUT2D eigenvalue weighted by atomic mass is 10.1. The molecule has 0 aliphatic carbocycles. The van der Waals surface area contributed by atoms with E-state index in [0.717, 1.165) is 45.9 Å². The van der Waals surface area contributed by atoms with Crippen molar-refractivity contribution in [2.45, 2.75) is 44.3 Å². The van der Waals surface area contributed by atoms with Gasteiger partial charge in [0.15, 0.2) is 0 Å². The Bertz CT molecular complexity index is 189. The number of hydrogen-bond donors (Lipinski definition) is 1. The molecule has 1 N–H and O–H groups in total. The summed E-state index contributed by atoms with van der Waals surface area (Å²) in [6, 6.07) is 0. The Kier molecular flexibility index (Phi) is 6.27. The van der Waals surface area contributed by atoms with Gasteiger partial charge in [-0.25, -0.2) is 0 Å². The summed E-state index contributed by atoms with van der Waals surface area (Å²) in [5.74, 6) is 0. The second-order valence-corrected chi connectivity index (χ2v) is 4.90. The summed E-state index contributed by atoms with van der Waals surface area (Å²) < 4.78 is 16.7. The summed E-state index contributed by atoms with van der Waals surface area (Å²) in [7, 11) is 0. The predicted molar refractivity (Wildman–Crippen MR) is 66.3 cm³/mol. The first-order chi connectivity index (χ1) is 8.45. The number of hydrogen-bond acceptors (Lipinski definition) is 4. The quantitative estimate of drug-likeness (QED) is 0.685. The minimum Gasteiger partial charge on any atom is -0.377 e. The van der Waals surface area contributed by atoms with Crippen LogP contribution in [0.3, 0.4) is 0 Å². The minimum absolute atomic E-state index is 0.335. The lowest BCUT2D eigenvalue weighted by Gasteiger charge is -2.22. The molecule has 4 nitrogen and oxygen atoms in total. The largest absolute Gasteiger partial charge is 0.377 e. The van der Waals surface area contributed by atoms with Crippen LogP contribution in [-0.4, -0.2) is 51.7 Å². The van der Waals surface area contributed by atoms with Crippen LogP contribution in [0.1, 0.15) is 32.1 Å². The van der Waals surface area contributed by atoms with Crippen LogP contribution < -0.4 is 5.32 Å². The molecule has 0 aromatic heterocycles. The zero-order chi connectivity index (χ0) is 11.8. The SMILES string of the molecule is C1CCC(COCCNCC2CCCO2)OC1. The topological polar surface area (TPSA) is 39.7 Å². The maximum atomic E-state index is 5.61. The van der Waals surface area contributed by atoms with Gasteiger partial charge in [-0.05, 0) is 32.1 Å². The average Bonchev–Trinajstić information content (AvgIpc) is 2.88. The molecule has 0 bridgehead atoms. The highest BCUT2D eigenvalue weighted by molar-refractivity contribution is 4.67. The zero-order valence-corrected chi connectivity index (χ0v) is 10.7. The van der Waals surface area contributed by atoms with Crippen molar-refractivity contribution in [3.05, 3.63) is 0 Å². The predicted octanol–water partition coefficient (Wildman–Crippen LogP) is 1.34. The van der Waals surface area contributed by atoms with Gasteiger partial charge in [0.1, 0.15) is 0 Å². The van der Waals surface area contributed by atoms with Crippen molar-refractivity contribution >= 4 is 0 Å². The van der Waals surface area contributed by atoms with E-state index in [2.05, 4.69) is 5.32 Å². The number of ether oxygens (including phenoxy) is 3. The van der Waals surface area contributed by atoms with E-state index in [-0.39, 0.29) is 0 Å². The smallest absolute Gasteiger partial charge is 0.0808 e. The summed E-state index contributed by atoms with van der Waals surface area (Å²) in [5.41, 5.74) is 0. The van der Waals surface area contributed by atoms with E-state index in [1.54, 1.807) is 0 Å². The fourth-order valence-electron chi connectivity index (χ4n) is 2.37. The Balaban J connectivity index is 1.38. The van der Waals surface area contributed by atoms with Crippen LogP contribution in [0, 0.1) is 0 Å². The van der Waals surface area contributed by atoms with Crippen LogP contribution in [-0.2, 0) is 14.2 Å². The van der Waals surface area contributed by atoms with Crippen molar-refractivity contribution < 1.29 is 14.2 Å². The molecule has 0 aromatic carbocycles. The molecular weight excluding hydrogens is 218 g/mol. The van der Waals surface area contributed by atoms with Gasteiger partial charge in [-0.15, -0.1) is 0 Å². The minimum atomic E-state index is 0.335. The van der Waals surface area contributed by atoms with Gasteiger partial charge < -0.3 is 19.5 Å². The van der Waals surface area contributed by atoms with Crippen molar-refractivity contribution in [1.29, 1.82) is 0 Å². The van der Waals surface area contributed by atoms with E-state index >= 15 is 0 Å². The Morgan fingerprint density at radius 2 is 1.82 bits per heavy atom. The molecule has 2 fully saturated rings. The van der Waals surface area contributed by atoms with Gasteiger partial charge in [0, 0.05) is 26.3 Å². The highest BCUT2D eigenvalue weighted by Gasteiger charge is 2.15. The third kappa shape index (κ3) is 5.34. The zero-order valence-electron chi connectivity index (χ0n) is 10.7. The first-order valence-corrected chi connectivity index (χ1v) is 6.97. The molecule has 2 unspecified atom stereocenters. The second-order valence-electron chi connectivity index (χ2n) is 4.90. The monoisotopic (exact) mass is 243 g/mol. The van der Waals surface area contributed by atoms with E-state index in [1.165, 1.54) is 25.7 Å². The summed E-state index contributed by atoms with van der Waals surface area (Å²) in [5, 5.41) is 3.37. The van der Waals surface area contributed by atoms with Gasteiger partial charge in [0.25, 0.3) is 0 Å². The third-order valence-electron chi connectivity index (χ3n) is 3.40. The Hall–Kier alpha value is -0.160. The third-order valence-corrected chi connectivity index (χ3v) is 3.40. The van der Waals surface area contributed by atoms with Crippen molar-refractivity contribution in [3.63, 3.8) is 0 Å². The van der Waals surface area contributed by atoms with Crippen LogP contribution in [0.5, 0.6) is 0 Å². The highest BCUT2D eigenvalue weighted by Crippen LogP contribution is 2.12. The molecule has 0 amide bonds. The van der Waals surface area contributed by atoms with Gasteiger partial charge in [-0.3, -0.25) is 0 Å². The number of nitrogens with one attached hydrogen (secondary N) is 1. The molecule has 2 heterocycles. The summed E-state index contributed by atoms with van der Waals surface area (Å²) in [6.45, 7) is 5.23. The molecule has 2 saturated heterocycles. The first-order valence-electron chi connectivity index (χ1n) is 6.97. The maximum Gasteiger partial charge on any atom is 0.0808 e. The Labute approximate surface area is 104 Å². The van der Waals surface area contributed by atoms with Crippen molar-refractivity contribution in [2.75, 3.05) is 39.5 Å². The molecule has 4 heteroatoms. The lowest BCUT2D eigenvalue weighted by Crippen LogP contribution is -2.30. The van der Waals surface area contributed by atoms with Crippen molar-refractivity contribution in [3.8, 4) is 0 Å². The molecule has 0 aromatic rings. The molecule has 17 heavy (non-hydrogen) atoms. The second kappa shape index (κ2) is 8.03. The van der Waals surface area contributed by atoms with Gasteiger partial charge in [0.05, 0.1) is 25.4 Å². The Morgan fingerprint density at radius 3 is 2.59 bits per heavy atom. The van der Waals surface area contributed by atoms with Crippen molar-refractivity contribution in [2.24, 2.45) is 0 Å². The Morgan fingerprint density at radius 1 is 1.00 bits per heavy atom. The summed E-state index contributed by atoms with van der Waals surface area (Å²) in [6.07, 6.45) is 6.82. The molecule has 0 spiro atoms. The van der Waals surface area contributed by atoms with E-state index in [1.807, 2.05) is 0 Å². The van der Waals surface area contributed by atoms with Crippen LogP contribution in [0.4, 0.5) is 0 Å². The molecule has 2 aliphatic heterocycles. The fourth-order valence-corrected chi connectivity index (χ4v) is 2.37. The van der Waals surface area contributed by atoms with Gasteiger partial charge in [-0.2, -0.15) is 0 Å². The van der Waals surface area contributed by atoms with Crippen LogP contribution >= 0.6 is 0 Å².